The second-order valence-corrected chi connectivity index (χ2v) is 5.97. The third-order valence-electron chi connectivity index (χ3n) is 3.37. The first-order valence-electron chi connectivity index (χ1n) is 6.45. The molecule has 100 valence electrons. The Kier molecular flexibility index (Phi) is 4.93. The molecule has 0 unspecified atom stereocenters. The van der Waals surface area contributed by atoms with Crippen LogP contribution in [0.5, 0.6) is 11.5 Å². The predicted octanol–water partition coefficient (Wildman–Crippen LogP) is 3.44. The van der Waals surface area contributed by atoms with Crippen LogP contribution in [0, 0.1) is 13.8 Å². The molecule has 0 fully saturated rings. The van der Waals surface area contributed by atoms with Crippen LogP contribution >= 0.6 is 0 Å². The molecule has 0 atom stereocenters. The van der Waals surface area contributed by atoms with Crippen LogP contribution in [0.3, 0.4) is 0 Å². The van der Waals surface area contributed by atoms with E-state index < -0.39 is 0 Å². The zero-order valence-corrected chi connectivity index (χ0v) is 14.7. The van der Waals surface area contributed by atoms with Crippen molar-refractivity contribution >= 4 is 3.21 Å². The molecule has 0 aromatic heterocycles. The zero-order chi connectivity index (χ0) is 14.7. The summed E-state index contributed by atoms with van der Waals surface area (Å²) in [6.45, 7) is 4.15. The molecule has 20 heavy (non-hydrogen) atoms. The molecule has 0 aliphatic heterocycles. The van der Waals surface area contributed by atoms with Gasteiger partial charge in [-0.1, -0.05) is 0 Å². The molecular weight excluding hydrogens is 327 g/mol. The van der Waals surface area contributed by atoms with E-state index in [4.69, 9.17) is 9.47 Å². The van der Waals surface area contributed by atoms with Crippen LogP contribution in [0.2, 0.25) is 0 Å². The molecule has 0 saturated carbocycles. The Balaban J connectivity index is 2.36. The fourth-order valence-corrected chi connectivity index (χ4v) is 3.00. The summed E-state index contributed by atoms with van der Waals surface area (Å²) in [6, 6.07) is 12.7. The number of methoxy groups -OCH3 is 2. The molecular formula is C17H18O2Zr+2. The molecule has 0 saturated heterocycles. The summed E-state index contributed by atoms with van der Waals surface area (Å²) in [5.74, 6) is 1.87. The van der Waals surface area contributed by atoms with E-state index in [2.05, 4.69) is 38.1 Å². The average molecular weight is 346 g/mol. The van der Waals surface area contributed by atoms with Crippen LogP contribution in [-0.2, 0) is 24.2 Å². The van der Waals surface area contributed by atoms with Crippen molar-refractivity contribution in [1.82, 2.24) is 0 Å². The van der Waals surface area contributed by atoms with Crippen molar-refractivity contribution < 1.29 is 33.7 Å². The number of hydrogen-bond acceptors (Lipinski definition) is 2. The molecule has 3 heteroatoms. The molecule has 0 bridgehead atoms. The van der Waals surface area contributed by atoms with Gasteiger partial charge in [0.2, 0.25) is 0 Å². The second kappa shape index (κ2) is 6.50. The van der Waals surface area contributed by atoms with Crippen LogP contribution in [0.1, 0.15) is 22.3 Å². The third-order valence-corrected chi connectivity index (χ3v) is 4.79. The third kappa shape index (κ3) is 3.09. The summed E-state index contributed by atoms with van der Waals surface area (Å²) in [5, 5.41) is 0. The second-order valence-electron chi connectivity index (χ2n) is 4.74. The van der Waals surface area contributed by atoms with Gasteiger partial charge in [-0.2, -0.15) is 0 Å². The van der Waals surface area contributed by atoms with Gasteiger partial charge in [-0.3, -0.25) is 0 Å². The van der Waals surface area contributed by atoms with E-state index in [9.17, 15) is 0 Å². The minimum atomic E-state index is 0.934. The van der Waals surface area contributed by atoms with Gasteiger partial charge in [0.25, 0.3) is 0 Å². The SMILES string of the molecule is COc1ccc([C](=[Zr+2])c2ccc(OC)c(C)c2)cc1C. The van der Waals surface area contributed by atoms with E-state index in [1.165, 1.54) is 38.6 Å². The molecule has 0 radical (unpaired) electrons. The zero-order valence-electron chi connectivity index (χ0n) is 12.3. The Morgan fingerprint density at radius 3 is 1.50 bits per heavy atom. The normalized spacial score (nSPS) is 10.3. The Morgan fingerprint density at radius 2 is 1.20 bits per heavy atom. The van der Waals surface area contributed by atoms with Gasteiger partial charge >= 0.3 is 135 Å². The average Bonchev–Trinajstić information content (AvgIpc) is 2.46. The summed E-state index contributed by atoms with van der Waals surface area (Å²) in [6.07, 6.45) is 0. The fourth-order valence-electron chi connectivity index (χ4n) is 2.23. The summed E-state index contributed by atoms with van der Waals surface area (Å²) in [7, 11) is 3.41. The van der Waals surface area contributed by atoms with Crippen molar-refractivity contribution in [2.45, 2.75) is 13.8 Å². The van der Waals surface area contributed by atoms with Gasteiger partial charge in [0, 0.05) is 0 Å². The maximum absolute atomic E-state index is 5.32. The molecule has 0 amide bonds. The number of benzene rings is 2. The van der Waals surface area contributed by atoms with Crippen molar-refractivity contribution in [3.05, 3.63) is 58.7 Å². The standard InChI is InChI=1S/C17H18O2.Zr/c1-12-9-14(5-7-16(12)18-3)11-15-6-8-17(19-4)13(2)10-15;/h5-10H,1-4H3;/q;+2. The van der Waals surface area contributed by atoms with E-state index >= 15 is 0 Å². The Hall–Kier alpha value is -1.21. The molecule has 0 aliphatic rings. The molecule has 2 aromatic carbocycles. The molecule has 2 aromatic rings. The summed E-state index contributed by atoms with van der Waals surface area (Å²) >= 11 is 1.40. The first kappa shape index (κ1) is 15.2. The van der Waals surface area contributed by atoms with Gasteiger partial charge in [0.05, 0.1) is 0 Å². The molecule has 2 rings (SSSR count). The fraction of sp³-hybridized carbons (Fsp3) is 0.235. The Bertz CT molecular complexity index is 592. The minimum absolute atomic E-state index is 0.934. The van der Waals surface area contributed by atoms with E-state index in [-0.39, 0.29) is 0 Å². The van der Waals surface area contributed by atoms with E-state index in [0.717, 1.165) is 22.6 Å². The quantitative estimate of drug-likeness (QED) is 0.845. The van der Waals surface area contributed by atoms with Gasteiger partial charge in [0.15, 0.2) is 0 Å². The summed E-state index contributed by atoms with van der Waals surface area (Å²) in [5.41, 5.74) is 4.84. The van der Waals surface area contributed by atoms with Gasteiger partial charge in [-0.05, 0) is 0 Å². The molecule has 0 spiro atoms. The van der Waals surface area contributed by atoms with Gasteiger partial charge in [-0.25, -0.2) is 0 Å². The van der Waals surface area contributed by atoms with Crippen LogP contribution < -0.4 is 9.47 Å². The Morgan fingerprint density at radius 1 is 0.800 bits per heavy atom. The first-order chi connectivity index (χ1) is 9.56. The van der Waals surface area contributed by atoms with Crippen molar-refractivity contribution in [1.29, 1.82) is 0 Å². The molecule has 0 aliphatic carbocycles. The van der Waals surface area contributed by atoms with Crippen molar-refractivity contribution in [3.63, 3.8) is 0 Å². The van der Waals surface area contributed by atoms with Crippen LogP contribution in [-0.4, -0.2) is 17.4 Å². The predicted molar refractivity (Wildman–Crippen MR) is 78.7 cm³/mol. The summed E-state index contributed by atoms with van der Waals surface area (Å²) < 4.78 is 12.0. The molecule has 2 nitrogen and oxygen atoms in total. The maximum atomic E-state index is 5.32. The topological polar surface area (TPSA) is 18.5 Å². The van der Waals surface area contributed by atoms with Gasteiger partial charge in [-0.15, -0.1) is 0 Å². The number of rotatable bonds is 4. The number of ether oxygens (including phenoxy) is 2. The first-order valence-corrected chi connectivity index (χ1v) is 7.68. The van der Waals surface area contributed by atoms with Crippen molar-refractivity contribution in [2.24, 2.45) is 0 Å². The van der Waals surface area contributed by atoms with Gasteiger partial charge in [0.1, 0.15) is 0 Å². The van der Waals surface area contributed by atoms with E-state index in [0.29, 0.717) is 0 Å². The Labute approximate surface area is 135 Å². The molecule has 0 heterocycles. The van der Waals surface area contributed by atoms with Crippen molar-refractivity contribution in [3.8, 4) is 11.5 Å². The molecule has 0 N–H and O–H groups in total. The summed E-state index contributed by atoms with van der Waals surface area (Å²) in [4.78, 5) is 0. The van der Waals surface area contributed by atoms with Crippen molar-refractivity contribution in [2.75, 3.05) is 14.2 Å². The van der Waals surface area contributed by atoms with E-state index in [1.807, 2.05) is 12.1 Å². The van der Waals surface area contributed by atoms with Gasteiger partial charge < -0.3 is 0 Å². The van der Waals surface area contributed by atoms with Crippen LogP contribution in [0.4, 0.5) is 0 Å². The number of aryl methyl sites for hydroxylation is 2. The van der Waals surface area contributed by atoms with Crippen LogP contribution in [0.15, 0.2) is 36.4 Å². The van der Waals surface area contributed by atoms with E-state index in [1.54, 1.807) is 14.2 Å². The monoisotopic (exact) mass is 344 g/mol. The van der Waals surface area contributed by atoms with Crippen LogP contribution in [0.25, 0.3) is 0 Å². The number of hydrogen-bond donors (Lipinski definition) is 0.